The molecule has 6 rings (SSSR count). The molecular formula is C55H75N17O16S. The fourth-order valence-electron chi connectivity index (χ4n) is 9.96. The topological polar surface area (TPSA) is 518 Å². The Morgan fingerprint density at radius 3 is 2.03 bits per heavy atom. The molecule has 2 aromatic heterocycles. The number of hydrogen-bond acceptors (Lipinski definition) is 17. The van der Waals surface area contributed by atoms with Gasteiger partial charge in [0, 0.05) is 67.8 Å². The minimum Gasteiger partial charge on any atom is -0.394 e. The Kier molecular flexibility index (Phi) is 24.9. The number of H-pyrrole nitrogens is 2. The van der Waals surface area contributed by atoms with Gasteiger partial charge in [0.25, 0.3) is 0 Å². The van der Waals surface area contributed by atoms with Gasteiger partial charge >= 0.3 is 10.4 Å². The van der Waals surface area contributed by atoms with Gasteiger partial charge in [-0.3, -0.25) is 62.3 Å². The van der Waals surface area contributed by atoms with Crippen LogP contribution in [-0.2, 0) is 82.4 Å². The Hall–Kier alpha value is -9.70. The van der Waals surface area contributed by atoms with Crippen LogP contribution in [0.1, 0.15) is 75.6 Å². The van der Waals surface area contributed by atoms with E-state index in [2.05, 4.69) is 72.0 Å². The van der Waals surface area contributed by atoms with Gasteiger partial charge in [-0.05, 0) is 73.8 Å². The summed E-state index contributed by atoms with van der Waals surface area (Å²) in [6, 6.07) is 1.00. The predicted molar refractivity (Wildman–Crippen MR) is 316 cm³/mol. The molecule has 0 saturated carbocycles. The summed E-state index contributed by atoms with van der Waals surface area (Å²) in [6.07, 6.45) is 4.73. The molecule has 2 fully saturated rings. The number of aliphatic hydroxyl groups is 1. The zero-order chi connectivity index (χ0) is 65.0. The van der Waals surface area contributed by atoms with E-state index < -0.39 is 144 Å². The van der Waals surface area contributed by atoms with Crippen LogP contribution in [0.15, 0.2) is 72.2 Å². The number of imidazole rings is 1. The van der Waals surface area contributed by atoms with E-state index in [4.69, 9.17) is 17.2 Å². The van der Waals surface area contributed by atoms with Gasteiger partial charge in [0.1, 0.15) is 54.1 Å². The first kappa shape index (κ1) is 68.4. The molecule has 482 valence electrons. The maximum absolute atomic E-state index is 14.5. The largest absolute Gasteiger partial charge is 0.446 e. The van der Waals surface area contributed by atoms with Gasteiger partial charge in [-0.2, -0.15) is 8.42 Å². The zero-order valence-electron chi connectivity index (χ0n) is 48.7. The normalized spacial score (nSPS) is 16.7. The summed E-state index contributed by atoms with van der Waals surface area (Å²) in [6.45, 7) is 1.34. The Balaban J connectivity index is 1.19. The van der Waals surface area contributed by atoms with Gasteiger partial charge in [0.05, 0.1) is 26.0 Å². The number of aliphatic hydroxyl groups excluding tert-OH is 1. The molecule has 0 spiro atoms. The summed E-state index contributed by atoms with van der Waals surface area (Å²) < 4.78 is 36.5. The van der Waals surface area contributed by atoms with E-state index in [1.807, 2.05) is 0 Å². The molecule has 2 aliphatic heterocycles. The van der Waals surface area contributed by atoms with Crippen molar-refractivity contribution in [3.63, 3.8) is 0 Å². The highest BCUT2D eigenvalue weighted by molar-refractivity contribution is 7.81. The summed E-state index contributed by atoms with van der Waals surface area (Å²) in [5.41, 5.74) is 18.1. The molecule has 19 N–H and O–H groups in total. The van der Waals surface area contributed by atoms with E-state index >= 15 is 0 Å². The number of carbonyl (C=O) groups is 11. The first-order valence-corrected chi connectivity index (χ1v) is 29.8. The molecule has 2 aliphatic rings. The Morgan fingerprint density at radius 1 is 0.753 bits per heavy atom. The third-order valence-electron chi connectivity index (χ3n) is 14.3. The standard InChI is InChI=1S/C55H75N17O16S/c1-29(2)19-38(49(79)67-37(9-5-17-60-55(57)58)54(84)72-18-6-10-43(72)53(83)62-25-44(56)74)66-46(76)26-63-47(77)39(20-30-11-13-33(14-12-30)88-89(85,86)87)68-52(82)42(27-73)71-50(80)40(21-31-23-61-35-8-4-3-7-34(31)35)69-51(81)41(22-32-24-59-28-64-32)70-48(78)36-15-16-45(75)65-36/h3-4,7-8,11-14,23-24,28-29,36-43,61,73H,5-6,9-10,15-22,25-27H2,1-2H3,(H2,56,74)(H,59,64)(H,62,83)(H,63,77)(H,65,75)(H,66,76)(H,67,79)(H,68,82)(H,69,81)(H,70,78)(H,71,80)(H4,57,58,60)(H,85,86,87)/t36-,37-,38-,39-,40-,41-,42-,43-/m0/s1. The maximum Gasteiger partial charge on any atom is 0.446 e. The van der Waals surface area contributed by atoms with Gasteiger partial charge in [-0.15, -0.1) is 0 Å². The first-order chi connectivity index (χ1) is 42.3. The second-order valence-electron chi connectivity index (χ2n) is 21.6. The van der Waals surface area contributed by atoms with Crippen LogP contribution >= 0.6 is 0 Å². The minimum absolute atomic E-state index is 0.0164. The Morgan fingerprint density at radius 2 is 1.40 bits per heavy atom. The number of aromatic nitrogens is 3. The summed E-state index contributed by atoms with van der Waals surface area (Å²) in [5.74, 6) is -9.66. The van der Waals surface area contributed by atoms with Crippen LogP contribution < -0.4 is 69.2 Å². The fourth-order valence-corrected chi connectivity index (χ4v) is 10.3. The van der Waals surface area contributed by atoms with Gasteiger partial charge < -0.3 is 89.2 Å². The van der Waals surface area contributed by atoms with Crippen LogP contribution in [0.25, 0.3) is 10.9 Å². The monoisotopic (exact) mass is 1260 g/mol. The van der Waals surface area contributed by atoms with Crippen molar-refractivity contribution in [1.82, 2.24) is 67.7 Å². The summed E-state index contributed by atoms with van der Waals surface area (Å²) in [5, 5.41) is 34.2. The van der Waals surface area contributed by atoms with Crippen molar-refractivity contribution in [2.24, 2.45) is 28.1 Å². The third-order valence-corrected chi connectivity index (χ3v) is 14.7. The third kappa shape index (κ3) is 21.3. The number of carbonyl (C=O) groups excluding carboxylic acids is 11. The first-order valence-electron chi connectivity index (χ1n) is 28.5. The summed E-state index contributed by atoms with van der Waals surface area (Å²) in [7, 11) is -4.95. The number of likely N-dealkylation sites (tertiary alicyclic amines) is 1. The maximum atomic E-state index is 14.5. The molecule has 0 radical (unpaired) electrons. The number of fused-ring (bicyclic) bond motifs is 1. The van der Waals surface area contributed by atoms with E-state index in [1.54, 1.807) is 44.3 Å². The number of nitrogens with one attached hydrogen (secondary N) is 11. The lowest BCUT2D eigenvalue weighted by atomic mass is 10.0. The van der Waals surface area contributed by atoms with Crippen LogP contribution in [0, 0.1) is 5.92 Å². The average molecular weight is 1260 g/mol. The van der Waals surface area contributed by atoms with E-state index in [1.165, 1.54) is 29.6 Å². The number of rotatable bonds is 33. The number of hydrogen-bond donors (Lipinski definition) is 16. The summed E-state index contributed by atoms with van der Waals surface area (Å²) >= 11 is 0. The number of guanidine groups is 1. The molecule has 0 unspecified atom stereocenters. The second kappa shape index (κ2) is 32.3. The van der Waals surface area contributed by atoms with Crippen molar-refractivity contribution in [1.29, 1.82) is 0 Å². The Labute approximate surface area is 510 Å². The number of nitrogens with zero attached hydrogens (tertiary/aromatic N) is 3. The predicted octanol–water partition coefficient (Wildman–Crippen LogP) is -4.91. The van der Waals surface area contributed by atoms with E-state index in [9.17, 15) is 70.8 Å². The molecule has 11 amide bonds. The SMILES string of the molecule is CC(C)C[C@H](NC(=O)CNC(=O)[C@H](Cc1ccc(OS(=O)(=O)O)cc1)NC(=O)[C@H](CO)NC(=O)[C@H](Cc1c[nH]c2ccccc12)NC(=O)[C@H](Cc1cnc[nH]1)NC(=O)[C@@H]1CCC(=O)N1)C(=O)N[C@@H](CCCN=C(N)N)C(=O)N1CCC[C@H]1C(=O)NCC(N)=O. The molecule has 8 atom stereocenters. The van der Waals surface area contributed by atoms with Crippen molar-refractivity contribution < 1.29 is 75.0 Å². The van der Waals surface area contributed by atoms with Gasteiger partial charge in [0.15, 0.2) is 5.96 Å². The van der Waals surface area contributed by atoms with Crippen LogP contribution in [0.4, 0.5) is 0 Å². The number of amides is 11. The second-order valence-corrected chi connectivity index (χ2v) is 22.7. The lowest BCUT2D eigenvalue weighted by Crippen LogP contribution is -2.60. The summed E-state index contributed by atoms with van der Waals surface area (Å²) in [4.78, 5) is 164. The molecule has 4 aromatic rings. The molecule has 89 heavy (non-hydrogen) atoms. The van der Waals surface area contributed by atoms with Crippen molar-refractivity contribution >= 4 is 92.2 Å². The van der Waals surface area contributed by atoms with Crippen LogP contribution in [-0.4, -0.2) is 190 Å². The number of aliphatic imine (C=N–C) groups is 1. The molecule has 4 heterocycles. The highest BCUT2D eigenvalue weighted by Crippen LogP contribution is 2.22. The average Bonchev–Trinajstić information content (AvgIpc) is 2.85. The fraction of sp³-hybridized carbons (Fsp3) is 0.473. The number of primary amides is 1. The smallest absolute Gasteiger partial charge is 0.394 e. The van der Waals surface area contributed by atoms with Crippen LogP contribution in [0.3, 0.4) is 0 Å². The van der Waals surface area contributed by atoms with Gasteiger partial charge in [-0.25, -0.2) is 4.98 Å². The van der Waals surface area contributed by atoms with Crippen molar-refractivity contribution in [3.8, 4) is 5.75 Å². The molecule has 0 bridgehead atoms. The number of nitrogens with two attached hydrogens (primary N) is 3. The molecule has 2 saturated heterocycles. The quantitative estimate of drug-likeness (QED) is 0.00920. The van der Waals surface area contributed by atoms with Crippen LogP contribution in [0.2, 0.25) is 0 Å². The van der Waals surface area contributed by atoms with Crippen molar-refractivity contribution in [3.05, 3.63) is 84.1 Å². The molecule has 2 aromatic carbocycles. The van der Waals surface area contributed by atoms with Crippen molar-refractivity contribution in [2.75, 3.05) is 32.8 Å². The number of benzene rings is 2. The lowest BCUT2D eigenvalue weighted by Gasteiger charge is -2.30. The van der Waals surface area contributed by atoms with Gasteiger partial charge in [0.2, 0.25) is 65.0 Å². The molecular weight excluding hydrogens is 1190 g/mol. The molecule has 34 heteroatoms. The number of para-hydroxylation sites is 1. The Bertz CT molecular complexity index is 3340. The lowest BCUT2D eigenvalue weighted by molar-refractivity contribution is -0.142. The van der Waals surface area contributed by atoms with Crippen molar-refractivity contribution in [2.45, 2.75) is 126 Å². The minimum atomic E-state index is -4.95. The highest BCUT2D eigenvalue weighted by Gasteiger charge is 2.39. The van der Waals surface area contributed by atoms with E-state index in [-0.39, 0.29) is 93.6 Å². The van der Waals surface area contributed by atoms with E-state index in [0.717, 1.165) is 12.1 Å². The highest BCUT2D eigenvalue weighted by atomic mass is 32.3. The van der Waals surface area contributed by atoms with E-state index in [0.29, 0.717) is 28.6 Å². The molecule has 33 nitrogen and oxygen atoms in total. The zero-order valence-corrected chi connectivity index (χ0v) is 49.6. The van der Waals surface area contributed by atoms with Gasteiger partial charge in [-0.1, -0.05) is 44.2 Å². The van der Waals surface area contributed by atoms with Crippen LogP contribution in [0.5, 0.6) is 5.75 Å². The molecule has 0 aliphatic carbocycles. The number of aromatic amines is 2.